The summed E-state index contributed by atoms with van der Waals surface area (Å²) in [5.41, 5.74) is 2.40. The zero-order chi connectivity index (χ0) is 14.9. The fraction of sp³-hybridized carbons (Fsp3) is 0.438. The molecule has 20 heavy (non-hydrogen) atoms. The van der Waals surface area contributed by atoms with Gasteiger partial charge >= 0.3 is 0 Å². The van der Waals surface area contributed by atoms with Crippen LogP contribution in [-0.4, -0.2) is 11.5 Å². The number of nitrogens with zero attached hydrogens (tertiary/aromatic N) is 1. The highest BCUT2D eigenvalue weighted by Gasteiger charge is 2.19. The summed E-state index contributed by atoms with van der Waals surface area (Å²) in [6, 6.07) is 4.79. The van der Waals surface area contributed by atoms with Gasteiger partial charge in [-0.1, -0.05) is 39.3 Å². The third kappa shape index (κ3) is 3.04. The maximum absolute atomic E-state index is 13.6. The predicted octanol–water partition coefficient (Wildman–Crippen LogP) is 5.15. The molecule has 1 heterocycles. The molecule has 2 aromatic rings. The quantitative estimate of drug-likeness (QED) is 0.847. The lowest BCUT2D eigenvalue weighted by molar-refractivity contribution is 0.571. The van der Waals surface area contributed by atoms with Gasteiger partial charge in [-0.25, -0.2) is 4.39 Å². The Bertz CT molecular complexity index is 632. The summed E-state index contributed by atoms with van der Waals surface area (Å²) in [7, 11) is 0. The van der Waals surface area contributed by atoms with Crippen LogP contribution in [0, 0.1) is 5.82 Å². The van der Waals surface area contributed by atoms with Crippen molar-refractivity contribution in [2.45, 2.75) is 39.5 Å². The molecule has 1 aromatic carbocycles. The summed E-state index contributed by atoms with van der Waals surface area (Å²) in [5.74, 6) is -0.340. The van der Waals surface area contributed by atoms with Crippen molar-refractivity contribution in [3.8, 4) is 0 Å². The van der Waals surface area contributed by atoms with Crippen LogP contribution >= 0.6 is 11.6 Å². The first-order valence-electron chi connectivity index (χ1n) is 6.87. The predicted molar refractivity (Wildman–Crippen MR) is 84.2 cm³/mol. The molecule has 2 nitrogen and oxygen atoms in total. The van der Waals surface area contributed by atoms with Crippen molar-refractivity contribution in [3.05, 3.63) is 34.7 Å². The summed E-state index contributed by atoms with van der Waals surface area (Å²) < 4.78 is 13.6. The lowest BCUT2D eigenvalue weighted by Gasteiger charge is -2.21. The molecular weight excluding hydrogens is 275 g/mol. The van der Waals surface area contributed by atoms with Gasteiger partial charge < -0.3 is 5.32 Å². The summed E-state index contributed by atoms with van der Waals surface area (Å²) in [6.07, 6.45) is 0.998. The number of fused-ring (bicyclic) bond motifs is 1. The highest BCUT2D eigenvalue weighted by Crippen LogP contribution is 2.33. The number of halogens is 2. The van der Waals surface area contributed by atoms with Crippen molar-refractivity contribution in [2.75, 3.05) is 11.9 Å². The van der Waals surface area contributed by atoms with Gasteiger partial charge in [0.15, 0.2) is 0 Å². The molecule has 2 rings (SSSR count). The normalized spacial score (nSPS) is 11.9. The van der Waals surface area contributed by atoms with Crippen LogP contribution in [0.2, 0.25) is 5.02 Å². The molecule has 0 saturated heterocycles. The number of hydrogen-bond acceptors (Lipinski definition) is 2. The van der Waals surface area contributed by atoms with Crippen LogP contribution in [0.3, 0.4) is 0 Å². The third-order valence-electron chi connectivity index (χ3n) is 3.17. The van der Waals surface area contributed by atoms with Crippen LogP contribution in [0.5, 0.6) is 0 Å². The van der Waals surface area contributed by atoms with Gasteiger partial charge in [0.05, 0.1) is 10.5 Å². The molecule has 0 unspecified atom stereocenters. The van der Waals surface area contributed by atoms with Crippen LogP contribution in [0.15, 0.2) is 18.2 Å². The van der Waals surface area contributed by atoms with Crippen LogP contribution < -0.4 is 5.32 Å². The summed E-state index contributed by atoms with van der Waals surface area (Å²) in [6.45, 7) is 9.22. The van der Waals surface area contributed by atoms with Gasteiger partial charge in [-0.15, -0.1) is 0 Å². The van der Waals surface area contributed by atoms with Gasteiger partial charge in [0.25, 0.3) is 0 Å². The van der Waals surface area contributed by atoms with E-state index >= 15 is 0 Å². The van der Waals surface area contributed by atoms with Crippen LogP contribution in [0.25, 0.3) is 10.9 Å². The second-order valence-electron chi connectivity index (χ2n) is 6.02. The van der Waals surface area contributed by atoms with Crippen LogP contribution in [0.1, 0.15) is 39.8 Å². The third-order valence-corrected chi connectivity index (χ3v) is 3.45. The molecule has 0 aliphatic rings. The van der Waals surface area contributed by atoms with E-state index in [1.165, 1.54) is 12.1 Å². The minimum Gasteiger partial charge on any atom is -0.384 e. The molecule has 0 atom stereocenters. The van der Waals surface area contributed by atoms with Gasteiger partial charge in [0.2, 0.25) is 0 Å². The molecule has 0 radical (unpaired) electrons. The van der Waals surface area contributed by atoms with E-state index in [0.717, 1.165) is 29.7 Å². The Labute approximate surface area is 124 Å². The topological polar surface area (TPSA) is 24.9 Å². The highest BCUT2D eigenvalue weighted by atomic mass is 35.5. The molecular formula is C16H20ClFN2. The zero-order valence-electron chi connectivity index (χ0n) is 12.3. The van der Waals surface area contributed by atoms with E-state index in [-0.39, 0.29) is 11.2 Å². The van der Waals surface area contributed by atoms with E-state index < -0.39 is 0 Å². The molecule has 0 aliphatic carbocycles. The number of aromatic nitrogens is 1. The van der Waals surface area contributed by atoms with Crippen molar-refractivity contribution < 1.29 is 4.39 Å². The van der Waals surface area contributed by atoms with Crippen molar-refractivity contribution in [2.24, 2.45) is 0 Å². The van der Waals surface area contributed by atoms with E-state index in [9.17, 15) is 4.39 Å². The maximum atomic E-state index is 13.6. The number of rotatable bonds is 3. The minimum atomic E-state index is -0.340. The molecule has 0 saturated carbocycles. The van der Waals surface area contributed by atoms with Crippen molar-refractivity contribution >= 4 is 28.2 Å². The molecule has 0 fully saturated rings. The van der Waals surface area contributed by atoms with Crippen molar-refractivity contribution in [1.29, 1.82) is 0 Å². The van der Waals surface area contributed by atoms with Crippen LogP contribution in [0.4, 0.5) is 10.1 Å². The largest absolute Gasteiger partial charge is 0.384 e. The van der Waals surface area contributed by atoms with Crippen molar-refractivity contribution in [1.82, 2.24) is 4.98 Å². The number of benzene rings is 1. The molecule has 1 aromatic heterocycles. The Balaban J connectivity index is 2.71. The second-order valence-corrected chi connectivity index (χ2v) is 6.42. The lowest BCUT2D eigenvalue weighted by atomic mass is 9.90. The smallest absolute Gasteiger partial charge is 0.125 e. The monoisotopic (exact) mass is 294 g/mol. The van der Waals surface area contributed by atoms with E-state index in [0.29, 0.717) is 10.5 Å². The molecule has 108 valence electrons. The Kier molecular flexibility index (Phi) is 4.19. The number of nitrogens with one attached hydrogen (secondary N) is 1. The Morgan fingerprint density at radius 2 is 1.95 bits per heavy atom. The van der Waals surface area contributed by atoms with Gasteiger partial charge in [-0.2, -0.15) is 0 Å². The van der Waals surface area contributed by atoms with Gasteiger partial charge in [-0.05, 0) is 24.6 Å². The van der Waals surface area contributed by atoms with Crippen molar-refractivity contribution in [3.63, 3.8) is 0 Å². The Morgan fingerprint density at radius 3 is 2.55 bits per heavy atom. The van der Waals surface area contributed by atoms with Gasteiger partial charge in [0.1, 0.15) is 5.82 Å². The standard InChI is InChI=1S/C16H20ClFN2/c1-5-6-19-13-9-14(16(2,3)4)20-15-11(13)7-10(18)8-12(15)17/h7-9H,5-6H2,1-4H3,(H,19,20). The number of anilines is 1. The molecule has 0 amide bonds. The minimum absolute atomic E-state index is 0.0887. The number of pyridine rings is 1. The van der Waals surface area contributed by atoms with E-state index in [1.54, 1.807) is 0 Å². The average Bonchev–Trinajstić information content (AvgIpc) is 2.34. The average molecular weight is 295 g/mol. The zero-order valence-corrected chi connectivity index (χ0v) is 13.1. The first kappa shape index (κ1) is 15.0. The first-order valence-corrected chi connectivity index (χ1v) is 7.25. The SMILES string of the molecule is CCCNc1cc(C(C)(C)C)nc2c(Cl)cc(F)cc12. The van der Waals surface area contributed by atoms with Gasteiger partial charge in [0, 0.05) is 28.7 Å². The molecule has 1 N–H and O–H groups in total. The Hall–Kier alpha value is -1.35. The molecule has 0 bridgehead atoms. The highest BCUT2D eigenvalue weighted by molar-refractivity contribution is 6.35. The molecule has 0 aliphatic heterocycles. The molecule has 0 spiro atoms. The van der Waals surface area contributed by atoms with E-state index in [2.05, 4.69) is 38.0 Å². The summed E-state index contributed by atoms with van der Waals surface area (Å²) in [5, 5.41) is 4.42. The van der Waals surface area contributed by atoms with E-state index in [1.807, 2.05) is 6.07 Å². The first-order chi connectivity index (χ1) is 9.32. The lowest BCUT2D eigenvalue weighted by Crippen LogP contribution is -2.15. The fourth-order valence-corrected chi connectivity index (χ4v) is 2.29. The Morgan fingerprint density at radius 1 is 1.25 bits per heavy atom. The van der Waals surface area contributed by atoms with Crippen LogP contribution in [-0.2, 0) is 5.41 Å². The number of hydrogen-bond donors (Lipinski definition) is 1. The summed E-state index contributed by atoms with van der Waals surface area (Å²) >= 11 is 6.16. The molecule has 4 heteroatoms. The fourth-order valence-electron chi connectivity index (χ4n) is 2.04. The van der Waals surface area contributed by atoms with Gasteiger partial charge in [-0.3, -0.25) is 4.98 Å². The van der Waals surface area contributed by atoms with E-state index in [4.69, 9.17) is 11.6 Å². The maximum Gasteiger partial charge on any atom is 0.125 e. The summed E-state index contributed by atoms with van der Waals surface area (Å²) in [4.78, 5) is 4.62. The second kappa shape index (κ2) is 5.57.